The predicted molar refractivity (Wildman–Crippen MR) is 101 cm³/mol. The second-order valence-corrected chi connectivity index (χ2v) is 8.67. The van der Waals surface area contributed by atoms with Crippen LogP contribution in [0.25, 0.3) is 5.65 Å². The van der Waals surface area contributed by atoms with Gasteiger partial charge < -0.3 is 4.90 Å². The molecule has 6 heteroatoms. The quantitative estimate of drug-likeness (QED) is 0.834. The molecule has 1 saturated carbocycles. The Morgan fingerprint density at radius 3 is 2.78 bits per heavy atom. The number of rotatable bonds is 3. The van der Waals surface area contributed by atoms with Crippen molar-refractivity contribution in [2.24, 2.45) is 11.8 Å². The molecule has 27 heavy (non-hydrogen) atoms. The number of nitrogens with zero attached hydrogens (tertiary/aromatic N) is 4. The number of piperidine rings is 1. The average Bonchev–Trinajstić information content (AvgIpc) is 2.77. The number of amides is 1. The molecule has 4 aliphatic rings. The van der Waals surface area contributed by atoms with E-state index in [-0.39, 0.29) is 11.6 Å². The molecule has 0 spiro atoms. The van der Waals surface area contributed by atoms with Gasteiger partial charge >= 0.3 is 0 Å². The van der Waals surface area contributed by atoms with Crippen molar-refractivity contribution in [3.8, 4) is 0 Å². The minimum Gasteiger partial charge on any atom is -0.335 e. The first-order chi connectivity index (χ1) is 13.1. The van der Waals surface area contributed by atoms with E-state index >= 15 is 0 Å². The number of hydrogen-bond donors (Lipinski definition) is 0. The maximum absolute atomic E-state index is 15.0. The predicted octanol–water partition coefficient (Wildman–Crippen LogP) is 3.12. The standard InChI is InChI=1S/C21H27FN4O/c1-14-4-2-7-18-23-19(20(22)26(14)18)21(27)25-12-16-8-9-17(13-25)24(11-16)10-15-5-3-6-15/h2,4,7,15-17H,3,5-6,8-13H2,1H3/t16-,17-/m1/s1. The number of aromatic nitrogens is 2. The van der Waals surface area contributed by atoms with Crippen LogP contribution in [0.4, 0.5) is 4.39 Å². The first-order valence-electron chi connectivity index (χ1n) is 10.3. The Balaban J connectivity index is 1.39. The largest absolute Gasteiger partial charge is 0.335 e. The fourth-order valence-corrected chi connectivity index (χ4v) is 5.07. The van der Waals surface area contributed by atoms with Crippen LogP contribution in [-0.4, -0.2) is 57.3 Å². The number of carbonyl (C=O) groups excluding carboxylic acids is 1. The lowest BCUT2D eigenvalue weighted by Crippen LogP contribution is -2.47. The highest BCUT2D eigenvalue weighted by Crippen LogP contribution is 2.33. The highest BCUT2D eigenvalue weighted by atomic mass is 19.1. The van der Waals surface area contributed by atoms with Crippen LogP contribution in [0.1, 0.15) is 48.3 Å². The van der Waals surface area contributed by atoms with Crippen molar-refractivity contribution < 1.29 is 9.18 Å². The summed E-state index contributed by atoms with van der Waals surface area (Å²) in [6.07, 6.45) is 6.38. The number of aryl methyl sites for hydroxylation is 1. The van der Waals surface area contributed by atoms with Crippen molar-refractivity contribution in [3.63, 3.8) is 0 Å². The Bertz CT molecular complexity index is 874. The van der Waals surface area contributed by atoms with Gasteiger partial charge in [-0.15, -0.1) is 0 Å². The van der Waals surface area contributed by atoms with Crippen LogP contribution >= 0.6 is 0 Å². The van der Waals surface area contributed by atoms with Gasteiger partial charge in [-0.25, -0.2) is 4.98 Å². The molecule has 144 valence electrons. The summed E-state index contributed by atoms with van der Waals surface area (Å²) in [6, 6.07) is 5.83. The number of fused-ring (bicyclic) bond motifs is 5. The Morgan fingerprint density at radius 2 is 2.04 bits per heavy atom. The van der Waals surface area contributed by atoms with Crippen LogP contribution in [0, 0.1) is 24.7 Å². The van der Waals surface area contributed by atoms with Crippen molar-refractivity contribution in [1.29, 1.82) is 0 Å². The minimum absolute atomic E-state index is 0.0313. The van der Waals surface area contributed by atoms with Crippen LogP contribution in [-0.2, 0) is 0 Å². The first kappa shape index (κ1) is 17.2. The van der Waals surface area contributed by atoms with Crippen LogP contribution in [0.3, 0.4) is 0 Å². The molecule has 2 atom stereocenters. The Hall–Kier alpha value is -1.95. The summed E-state index contributed by atoms with van der Waals surface area (Å²) in [7, 11) is 0. The second-order valence-electron chi connectivity index (χ2n) is 8.67. The van der Waals surface area contributed by atoms with E-state index in [0.717, 1.165) is 31.1 Å². The van der Waals surface area contributed by atoms with Gasteiger partial charge in [-0.05, 0) is 56.6 Å². The fraction of sp³-hybridized carbons (Fsp3) is 0.619. The lowest BCUT2D eigenvalue weighted by Gasteiger charge is -2.40. The highest BCUT2D eigenvalue weighted by Gasteiger charge is 2.39. The van der Waals surface area contributed by atoms with Crippen molar-refractivity contribution >= 4 is 11.6 Å². The fourth-order valence-electron chi connectivity index (χ4n) is 5.07. The average molecular weight is 370 g/mol. The van der Waals surface area contributed by atoms with Gasteiger partial charge in [-0.1, -0.05) is 12.5 Å². The molecule has 1 aliphatic carbocycles. The summed E-state index contributed by atoms with van der Waals surface area (Å²) in [6.45, 7) is 5.51. The van der Waals surface area contributed by atoms with Crippen LogP contribution in [0.5, 0.6) is 0 Å². The van der Waals surface area contributed by atoms with Crippen molar-refractivity contribution in [3.05, 3.63) is 35.5 Å². The van der Waals surface area contributed by atoms with Crippen molar-refractivity contribution in [2.45, 2.75) is 45.1 Å². The third-order valence-corrected chi connectivity index (χ3v) is 6.82. The van der Waals surface area contributed by atoms with Crippen LogP contribution < -0.4 is 0 Å². The maximum atomic E-state index is 15.0. The number of imidazole rings is 1. The lowest BCUT2D eigenvalue weighted by molar-refractivity contribution is 0.0708. The summed E-state index contributed by atoms with van der Waals surface area (Å²) >= 11 is 0. The summed E-state index contributed by atoms with van der Waals surface area (Å²) in [5, 5.41) is 0. The second kappa shape index (κ2) is 6.59. The Kier molecular flexibility index (Phi) is 4.19. The molecule has 2 aromatic rings. The van der Waals surface area contributed by atoms with E-state index in [1.54, 1.807) is 6.07 Å². The zero-order chi connectivity index (χ0) is 18.5. The van der Waals surface area contributed by atoms with Crippen LogP contribution in [0.2, 0.25) is 0 Å². The normalized spacial score (nSPS) is 26.4. The molecule has 3 saturated heterocycles. The van der Waals surface area contributed by atoms with Crippen LogP contribution in [0.15, 0.2) is 18.2 Å². The third-order valence-electron chi connectivity index (χ3n) is 6.82. The SMILES string of the molecule is Cc1cccc2nc(C(=O)N3C[C@@H]4CC[C@H](C3)N(CC3CCC3)C4)c(F)n12. The molecular weight excluding hydrogens is 343 g/mol. The molecule has 6 rings (SSSR count). The number of halogens is 1. The molecule has 0 aromatic carbocycles. The van der Waals surface area contributed by atoms with E-state index in [1.165, 1.54) is 36.6 Å². The molecule has 0 radical (unpaired) electrons. The third kappa shape index (κ3) is 2.94. The monoisotopic (exact) mass is 370 g/mol. The van der Waals surface area contributed by atoms with E-state index in [1.807, 2.05) is 24.0 Å². The topological polar surface area (TPSA) is 40.9 Å². The lowest BCUT2D eigenvalue weighted by atomic mass is 9.83. The molecule has 3 aliphatic heterocycles. The smallest absolute Gasteiger partial charge is 0.277 e. The zero-order valence-electron chi connectivity index (χ0n) is 15.9. The summed E-state index contributed by atoms with van der Waals surface area (Å²) in [5.74, 6) is 0.552. The van der Waals surface area contributed by atoms with Crippen molar-refractivity contribution in [2.75, 3.05) is 26.2 Å². The number of pyridine rings is 1. The van der Waals surface area contributed by atoms with E-state index < -0.39 is 5.95 Å². The molecule has 4 fully saturated rings. The van der Waals surface area contributed by atoms with Gasteiger partial charge in [0.2, 0.25) is 5.95 Å². The molecule has 5 nitrogen and oxygen atoms in total. The first-order valence-corrected chi connectivity index (χ1v) is 10.3. The van der Waals surface area contributed by atoms with Gasteiger partial charge in [0.1, 0.15) is 5.65 Å². The maximum Gasteiger partial charge on any atom is 0.277 e. The zero-order valence-corrected chi connectivity index (χ0v) is 15.9. The molecule has 5 heterocycles. The molecule has 0 unspecified atom stereocenters. The van der Waals surface area contributed by atoms with Gasteiger partial charge in [0.05, 0.1) is 0 Å². The minimum atomic E-state index is -0.531. The highest BCUT2D eigenvalue weighted by molar-refractivity contribution is 5.93. The van der Waals surface area contributed by atoms with Gasteiger partial charge in [0.15, 0.2) is 5.69 Å². The number of hydrogen-bond acceptors (Lipinski definition) is 3. The number of carbonyl (C=O) groups is 1. The summed E-state index contributed by atoms with van der Waals surface area (Å²) in [4.78, 5) is 22.0. The molecule has 2 aromatic heterocycles. The van der Waals surface area contributed by atoms with Gasteiger partial charge in [-0.3, -0.25) is 14.1 Å². The van der Waals surface area contributed by atoms with Gasteiger partial charge in [0, 0.05) is 37.9 Å². The molecule has 0 N–H and O–H groups in total. The molecule has 1 amide bonds. The van der Waals surface area contributed by atoms with E-state index in [0.29, 0.717) is 24.2 Å². The Morgan fingerprint density at radius 1 is 1.19 bits per heavy atom. The Labute approximate surface area is 159 Å². The van der Waals surface area contributed by atoms with Gasteiger partial charge in [0.25, 0.3) is 5.91 Å². The van der Waals surface area contributed by atoms with Gasteiger partial charge in [-0.2, -0.15) is 4.39 Å². The van der Waals surface area contributed by atoms with E-state index in [2.05, 4.69) is 9.88 Å². The van der Waals surface area contributed by atoms with Crippen molar-refractivity contribution in [1.82, 2.24) is 19.2 Å². The molecular formula is C21H27FN4O. The van der Waals surface area contributed by atoms with E-state index in [9.17, 15) is 9.18 Å². The summed E-state index contributed by atoms with van der Waals surface area (Å²) in [5.41, 5.74) is 1.22. The molecule has 2 bridgehead atoms. The summed E-state index contributed by atoms with van der Waals surface area (Å²) < 4.78 is 16.4. The van der Waals surface area contributed by atoms with E-state index in [4.69, 9.17) is 0 Å².